The van der Waals surface area contributed by atoms with Gasteiger partial charge in [0.15, 0.2) is 0 Å². The molecule has 2 saturated carbocycles. The molecular weight excluding hydrogens is 420 g/mol. The number of hydrogen-bond acceptors (Lipinski definition) is 3. The highest BCUT2D eigenvalue weighted by molar-refractivity contribution is 5.40. The molecule has 0 unspecified atom stereocenters. The molecule has 0 spiro atoms. The number of unbranched alkanes of at least 4 members (excludes halogenated alkanes) is 3. The van der Waals surface area contributed by atoms with Crippen molar-refractivity contribution in [1.82, 2.24) is 0 Å². The first-order chi connectivity index (χ1) is 16.6. The predicted molar refractivity (Wildman–Crippen MR) is 137 cm³/mol. The van der Waals surface area contributed by atoms with Gasteiger partial charge in [-0.2, -0.15) is 0 Å². The lowest BCUT2D eigenvalue weighted by Gasteiger charge is -2.53. The number of ether oxygens (including phenoxy) is 1. The number of aliphatic hydroxyl groups excluding tert-OH is 1. The van der Waals surface area contributed by atoms with Crippen LogP contribution in [0.4, 0.5) is 0 Å². The van der Waals surface area contributed by atoms with E-state index < -0.39 is 0 Å². The number of fused-ring (bicyclic) bond motifs is 5. The lowest BCUT2D eigenvalue weighted by molar-refractivity contribution is -0.0396. The van der Waals surface area contributed by atoms with E-state index in [-0.39, 0.29) is 11.5 Å². The highest BCUT2D eigenvalue weighted by atomic mass is 16.5. The third kappa shape index (κ3) is 4.79. The van der Waals surface area contributed by atoms with Crippen LogP contribution in [0.25, 0.3) is 0 Å². The summed E-state index contributed by atoms with van der Waals surface area (Å²) < 4.78 is 5.86. The number of phenols is 1. The van der Waals surface area contributed by atoms with Gasteiger partial charge in [0.05, 0.1) is 12.7 Å². The van der Waals surface area contributed by atoms with Gasteiger partial charge in [0.1, 0.15) is 5.75 Å². The first kappa shape index (κ1) is 23.9. The van der Waals surface area contributed by atoms with Crippen LogP contribution < -0.4 is 0 Å². The van der Waals surface area contributed by atoms with Gasteiger partial charge in [0.25, 0.3) is 0 Å². The van der Waals surface area contributed by atoms with Gasteiger partial charge in [-0.05, 0) is 103 Å². The lowest BCUT2D eigenvalue weighted by Crippen LogP contribution is -2.47. The second kappa shape index (κ2) is 10.4. The maximum Gasteiger partial charge on any atom is 0.115 e. The summed E-state index contributed by atoms with van der Waals surface area (Å²) in [5.41, 5.74) is 4.21. The molecule has 2 N–H and O–H groups in total. The predicted octanol–water partition coefficient (Wildman–Crippen LogP) is 7.00. The zero-order chi connectivity index (χ0) is 23.5. The van der Waals surface area contributed by atoms with Gasteiger partial charge in [-0.15, -0.1) is 0 Å². The highest BCUT2D eigenvalue weighted by Crippen LogP contribution is 2.62. The Morgan fingerprint density at radius 1 is 0.971 bits per heavy atom. The Labute approximate surface area is 205 Å². The van der Waals surface area contributed by atoms with Gasteiger partial charge in [0, 0.05) is 6.61 Å². The van der Waals surface area contributed by atoms with Crippen LogP contribution in [0, 0.1) is 23.2 Å². The molecular formula is C31H42O3. The third-order valence-corrected chi connectivity index (χ3v) is 9.56. The summed E-state index contributed by atoms with van der Waals surface area (Å²) in [6.45, 7) is 3.92. The Morgan fingerprint density at radius 2 is 1.79 bits per heavy atom. The standard InChI is InChI=1S/C31H42O3/c1-31-17-16-27-26-13-12-25(32)20-24(26)19-23(30(27)28(31)14-15-29(31)33)11-7-2-3-8-18-34-21-22-9-5-4-6-10-22/h4-6,9-10,12-13,20,23,27-30,32-33H,2-3,7-8,11,14-19,21H2,1H3/t23-,27-,28+,29+,30-,31+/m1/s1. The SMILES string of the molecule is C[C@]12CC[C@@H]3c4ccc(O)cc4C[C@@H](CCCCCCOCc4ccccc4)[C@H]3[C@@H]1CC[C@@H]2O. The van der Waals surface area contributed by atoms with E-state index in [0.717, 1.165) is 32.3 Å². The quantitative estimate of drug-likeness (QED) is 0.394. The smallest absolute Gasteiger partial charge is 0.115 e. The summed E-state index contributed by atoms with van der Waals surface area (Å²) in [5, 5.41) is 21.0. The zero-order valence-corrected chi connectivity index (χ0v) is 20.8. The Kier molecular flexibility index (Phi) is 7.32. The van der Waals surface area contributed by atoms with E-state index in [9.17, 15) is 10.2 Å². The molecule has 0 bridgehead atoms. The minimum atomic E-state index is -0.129. The molecule has 2 fully saturated rings. The molecule has 6 atom stereocenters. The van der Waals surface area contributed by atoms with Crippen LogP contribution in [-0.4, -0.2) is 22.9 Å². The fourth-order valence-corrected chi connectivity index (χ4v) is 7.76. The third-order valence-electron chi connectivity index (χ3n) is 9.56. The van der Waals surface area contributed by atoms with Crippen molar-refractivity contribution < 1.29 is 14.9 Å². The Bertz CT molecular complexity index is 941. The van der Waals surface area contributed by atoms with Crippen molar-refractivity contribution in [1.29, 1.82) is 0 Å². The van der Waals surface area contributed by atoms with Gasteiger partial charge < -0.3 is 14.9 Å². The van der Waals surface area contributed by atoms with Gasteiger partial charge in [0.2, 0.25) is 0 Å². The largest absolute Gasteiger partial charge is 0.508 e. The minimum Gasteiger partial charge on any atom is -0.508 e. The van der Waals surface area contributed by atoms with Crippen molar-refractivity contribution in [2.24, 2.45) is 23.2 Å². The van der Waals surface area contributed by atoms with Crippen LogP contribution in [0.1, 0.15) is 87.3 Å². The Balaban J connectivity index is 1.16. The van der Waals surface area contributed by atoms with Gasteiger partial charge in [-0.25, -0.2) is 0 Å². The average Bonchev–Trinajstić information content (AvgIpc) is 3.15. The van der Waals surface area contributed by atoms with E-state index in [1.54, 1.807) is 0 Å². The molecule has 3 aliphatic rings. The molecule has 3 heteroatoms. The summed E-state index contributed by atoms with van der Waals surface area (Å²) >= 11 is 0. The fourth-order valence-electron chi connectivity index (χ4n) is 7.76. The van der Waals surface area contributed by atoms with Crippen molar-refractivity contribution in [3.05, 3.63) is 65.2 Å². The van der Waals surface area contributed by atoms with Crippen LogP contribution in [0.15, 0.2) is 48.5 Å². The minimum absolute atomic E-state index is 0.101. The van der Waals surface area contributed by atoms with E-state index in [1.807, 2.05) is 18.2 Å². The number of aliphatic hydroxyl groups is 1. The van der Waals surface area contributed by atoms with E-state index in [0.29, 0.717) is 36.0 Å². The molecule has 0 radical (unpaired) electrons. The number of phenolic OH excluding ortho intramolecular Hbond substituents is 1. The maximum atomic E-state index is 10.8. The van der Waals surface area contributed by atoms with E-state index in [1.165, 1.54) is 55.2 Å². The van der Waals surface area contributed by atoms with Crippen molar-refractivity contribution >= 4 is 0 Å². The van der Waals surface area contributed by atoms with Crippen molar-refractivity contribution in [3.63, 3.8) is 0 Å². The van der Waals surface area contributed by atoms with Crippen LogP contribution >= 0.6 is 0 Å². The lowest BCUT2D eigenvalue weighted by atomic mass is 9.52. The fraction of sp³-hybridized carbons (Fsp3) is 0.613. The van der Waals surface area contributed by atoms with Crippen LogP contribution in [0.3, 0.4) is 0 Å². The molecule has 2 aromatic carbocycles. The molecule has 0 saturated heterocycles. The van der Waals surface area contributed by atoms with Crippen LogP contribution in [-0.2, 0) is 17.8 Å². The molecule has 5 rings (SSSR count). The van der Waals surface area contributed by atoms with Crippen molar-refractivity contribution in [2.45, 2.75) is 89.8 Å². The molecule has 0 aliphatic heterocycles. The summed E-state index contributed by atoms with van der Waals surface area (Å²) in [6.07, 6.45) is 11.6. The highest BCUT2D eigenvalue weighted by Gasteiger charge is 2.56. The Morgan fingerprint density at radius 3 is 2.65 bits per heavy atom. The van der Waals surface area contributed by atoms with E-state index in [4.69, 9.17) is 4.74 Å². The topological polar surface area (TPSA) is 49.7 Å². The summed E-state index contributed by atoms with van der Waals surface area (Å²) in [6, 6.07) is 16.5. The van der Waals surface area contributed by atoms with Crippen molar-refractivity contribution in [3.8, 4) is 5.75 Å². The maximum absolute atomic E-state index is 10.8. The molecule has 0 amide bonds. The normalized spacial score (nSPS) is 32.1. The van der Waals surface area contributed by atoms with Crippen LogP contribution in [0.5, 0.6) is 5.75 Å². The second-order valence-corrected chi connectivity index (χ2v) is 11.5. The van der Waals surface area contributed by atoms with E-state index in [2.05, 4.69) is 37.3 Å². The zero-order valence-electron chi connectivity index (χ0n) is 20.8. The molecule has 3 nitrogen and oxygen atoms in total. The number of rotatable bonds is 9. The second-order valence-electron chi connectivity index (χ2n) is 11.5. The van der Waals surface area contributed by atoms with Gasteiger partial charge >= 0.3 is 0 Å². The molecule has 2 aromatic rings. The summed E-state index contributed by atoms with van der Waals surface area (Å²) in [5.74, 6) is 3.00. The number of benzene rings is 2. The molecule has 3 aliphatic carbocycles. The Hall–Kier alpha value is -1.84. The number of aromatic hydroxyl groups is 1. The monoisotopic (exact) mass is 462 g/mol. The van der Waals surface area contributed by atoms with Gasteiger partial charge in [-0.1, -0.05) is 62.6 Å². The average molecular weight is 463 g/mol. The summed E-state index contributed by atoms with van der Waals surface area (Å²) in [4.78, 5) is 0. The van der Waals surface area contributed by atoms with E-state index >= 15 is 0 Å². The van der Waals surface area contributed by atoms with Crippen molar-refractivity contribution in [2.75, 3.05) is 6.61 Å². The van der Waals surface area contributed by atoms with Crippen LogP contribution in [0.2, 0.25) is 0 Å². The molecule has 34 heavy (non-hydrogen) atoms. The number of hydrogen-bond donors (Lipinski definition) is 2. The first-order valence-corrected chi connectivity index (χ1v) is 13.7. The summed E-state index contributed by atoms with van der Waals surface area (Å²) in [7, 11) is 0. The molecule has 184 valence electrons. The molecule has 0 aromatic heterocycles. The molecule has 0 heterocycles. The first-order valence-electron chi connectivity index (χ1n) is 13.7. The van der Waals surface area contributed by atoms with Gasteiger partial charge in [-0.3, -0.25) is 0 Å².